The van der Waals surface area contributed by atoms with Gasteiger partial charge in [0.2, 0.25) is 5.91 Å². The van der Waals surface area contributed by atoms with Crippen LogP contribution in [0, 0.1) is 38.3 Å². The Labute approximate surface area is 274 Å². The fourth-order valence-corrected chi connectivity index (χ4v) is 6.05. The summed E-state index contributed by atoms with van der Waals surface area (Å²) in [7, 11) is 1.69. The van der Waals surface area contributed by atoms with Crippen LogP contribution in [0.25, 0.3) is 11.1 Å². The number of nitrogens with zero attached hydrogens (tertiary/aromatic N) is 2. The van der Waals surface area contributed by atoms with Crippen molar-refractivity contribution in [3.8, 4) is 11.1 Å². The summed E-state index contributed by atoms with van der Waals surface area (Å²) in [5, 5.41) is 15.2. The Kier molecular flexibility index (Phi) is 11.8. The third-order valence-corrected chi connectivity index (χ3v) is 8.45. The van der Waals surface area contributed by atoms with Gasteiger partial charge in [-0.25, -0.2) is 13.8 Å². The maximum absolute atomic E-state index is 15.7. The molecule has 1 saturated heterocycles. The van der Waals surface area contributed by atoms with Crippen LogP contribution in [-0.2, 0) is 20.7 Å². The zero-order valence-electron chi connectivity index (χ0n) is 27.8. The van der Waals surface area contributed by atoms with E-state index < -0.39 is 47.9 Å². The van der Waals surface area contributed by atoms with E-state index in [1.54, 1.807) is 46.1 Å². The average Bonchev–Trinajstić information content (AvgIpc) is 2.96. The SMILES string of the molecule is COC1CN(CCc2cccc(C(=O)N[C@@H](CC(C)C)C(=O)N[C@@H](CC(=O)O)c3cc(-c4c(C)cc(F)cc4C)cc(C)c3F)n2)C1. The van der Waals surface area contributed by atoms with Crippen molar-refractivity contribution in [3.05, 3.63) is 87.7 Å². The largest absolute Gasteiger partial charge is 0.481 e. The Morgan fingerprint density at radius 1 is 1.02 bits per heavy atom. The van der Waals surface area contributed by atoms with Gasteiger partial charge >= 0.3 is 5.97 Å². The van der Waals surface area contributed by atoms with E-state index >= 15 is 4.39 Å². The molecule has 2 heterocycles. The lowest BCUT2D eigenvalue weighted by Gasteiger charge is -2.38. The topological polar surface area (TPSA) is 121 Å². The van der Waals surface area contributed by atoms with Crippen molar-refractivity contribution >= 4 is 17.8 Å². The molecule has 0 radical (unpaired) electrons. The van der Waals surface area contributed by atoms with Crippen molar-refractivity contribution < 1.29 is 33.0 Å². The first-order chi connectivity index (χ1) is 22.2. The normalized spacial score (nSPS) is 14.8. The van der Waals surface area contributed by atoms with Gasteiger partial charge in [0.1, 0.15) is 23.4 Å². The van der Waals surface area contributed by atoms with E-state index in [2.05, 4.69) is 20.5 Å². The van der Waals surface area contributed by atoms with E-state index in [1.165, 1.54) is 18.2 Å². The lowest BCUT2D eigenvalue weighted by molar-refractivity contribution is -0.137. The summed E-state index contributed by atoms with van der Waals surface area (Å²) in [5.41, 5.74) is 3.67. The molecule has 3 aromatic rings. The molecule has 2 aromatic carbocycles. The molecule has 3 N–H and O–H groups in total. The minimum Gasteiger partial charge on any atom is -0.481 e. The molecule has 1 fully saturated rings. The molecule has 1 aliphatic rings. The number of carbonyl (C=O) groups excluding carboxylic acids is 2. The molecule has 11 heteroatoms. The second kappa shape index (κ2) is 15.6. The molecule has 9 nitrogen and oxygen atoms in total. The number of likely N-dealkylation sites (tertiary alicyclic amines) is 1. The number of carboxylic acids is 1. The van der Waals surface area contributed by atoms with Crippen LogP contribution in [0.5, 0.6) is 0 Å². The van der Waals surface area contributed by atoms with Gasteiger partial charge in [-0.1, -0.05) is 19.9 Å². The van der Waals surface area contributed by atoms with Gasteiger partial charge < -0.3 is 20.5 Å². The maximum atomic E-state index is 15.7. The van der Waals surface area contributed by atoms with Crippen molar-refractivity contribution in [1.82, 2.24) is 20.5 Å². The summed E-state index contributed by atoms with van der Waals surface area (Å²) in [4.78, 5) is 45.8. The minimum absolute atomic E-state index is 0.0116. The Hall–Kier alpha value is -4.22. The molecule has 47 heavy (non-hydrogen) atoms. The number of halogens is 2. The standard InChI is InChI=1S/C36H44F2N4O5/c1-20(2)12-31(41-35(45)29-9-7-8-26(39-29)10-11-42-18-27(19-42)47-6)36(46)40-30(17-32(43)44)28-16-24(13-23(5)34(28)38)33-21(3)14-25(37)15-22(33)4/h7-9,13-16,20,27,30-31H,10-12,17-19H2,1-6H3,(H,40,46)(H,41,45)(H,43,44)/t30-,31-/m0/s1. The molecule has 1 aromatic heterocycles. The number of hydrogen-bond donors (Lipinski definition) is 3. The Balaban J connectivity index is 1.56. The van der Waals surface area contributed by atoms with Crippen LogP contribution in [0.2, 0.25) is 0 Å². The van der Waals surface area contributed by atoms with E-state index in [4.69, 9.17) is 4.74 Å². The van der Waals surface area contributed by atoms with E-state index in [0.717, 1.165) is 25.3 Å². The highest BCUT2D eigenvalue weighted by molar-refractivity contribution is 5.96. The number of pyridine rings is 1. The minimum atomic E-state index is -1.24. The molecular weight excluding hydrogens is 606 g/mol. The van der Waals surface area contributed by atoms with Gasteiger partial charge in [-0.3, -0.25) is 19.3 Å². The molecule has 0 unspecified atom stereocenters. The number of hydrogen-bond acceptors (Lipinski definition) is 6. The summed E-state index contributed by atoms with van der Waals surface area (Å²) in [6.45, 7) is 11.3. The number of carboxylic acid groups (broad SMARTS) is 1. The van der Waals surface area contributed by atoms with Crippen molar-refractivity contribution in [1.29, 1.82) is 0 Å². The third-order valence-electron chi connectivity index (χ3n) is 8.45. The van der Waals surface area contributed by atoms with Gasteiger partial charge in [0.25, 0.3) is 5.91 Å². The van der Waals surface area contributed by atoms with Crippen LogP contribution in [-0.4, -0.2) is 71.7 Å². The molecule has 4 rings (SSSR count). The Morgan fingerprint density at radius 3 is 2.32 bits per heavy atom. The second-order valence-corrected chi connectivity index (χ2v) is 12.8. The molecule has 2 atom stereocenters. The van der Waals surface area contributed by atoms with Crippen molar-refractivity contribution in [2.45, 2.75) is 72.1 Å². The molecular formula is C36H44F2N4O5. The van der Waals surface area contributed by atoms with Gasteiger partial charge in [-0.2, -0.15) is 0 Å². The first kappa shape index (κ1) is 35.6. The van der Waals surface area contributed by atoms with Gasteiger partial charge in [0.05, 0.1) is 18.6 Å². The third kappa shape index (κ3) is 9.20. The van der Waals surface area contributed by atoms with Crippen molar-refractivity contribution in [2.75, 3.05) is 26.7 Å². The number of rotatable bonds is 14. The first-order valence-corrected chi connectivity index (χ1v) is 15.9. The maximum Gasteiger partial charge on any atom is 0.305 e. The van der Waals surface area contributed by atoms with Crippen molar-refractivity contribution in [2.24, 2.45) is 5.92 Å². The monoisotopic (exact) mass is 650 g/mol. The highest BCUT2D eigenvalue weighted by atomic mass is 19.1. The number of aliphatic carboxylic acids is 1. The van der Waals surface area contributed by atoms with Gasteiger partial charge in [0, 0.05) is 44.4 Å². The summed E-state index contributed by atoms with van der Waals surface area (Å²) >= 11 is 0. The van der Waals surface area contributed by atoms with E-state index in [-0.39, 0.29) is 35.3 Å². The molecule has 1 aliphatic heterocycles. The zero-order chi connectivity index (χ0) is 34.4. The van der Waals surface area contributed by atoms with Gasteiger partial charge in [-0.05, 0) is 97.3 Å². The van der Waals surface area contributed by atoms with Crippen LogP contribution in [0.15, 0.2) is 42.5 Å². The Morgan fingerprint density at radius 2 is 1.70 bits per heavy atom. The number of ether oxygens (including phenoxy) is 1. The number of aryl methyl sites for hydroxylation is 3. The van der Waals surface area contributed by atoms with Crippen LogP contribution in [0.4, 0.5) is 8.78 Å². The van der Waals surface area contributed by atoms with E-state index in [0.29, 0.717) is 28.7 Å². The van der Waals surface area contributed by atoms with Gasteiger partial charge in [0.15, 0.2) is 0 Å². The van der Waals surface area contributed by atoms with Crippen LogP contribution >= 0.6 is 0 Å². The lowest BCUT2D eigenvalue weighted by atomic mass is 9.90. The molecule has 0 bridgehead atoms. The molecule has 2 amide bonds. The van der Waals surface area contributed by atoms with Gasteiger partial charge in [-0.15, -0.1) is 0 Å². The summed E-state index contributed by atoms with van der Waals surface area (Å²) in [6.07, 6.45) is 0.543. The number of amides is 2. The smallest absolute Gasteiger partial charge is 0.305 e. The van der Waals surface area contributed by atoms with Crippen LogP contribution < -0.4 is 10.6 Å². The fourth-order valence-electron chi connectivity index (χ4n) is 6.05. The Bertz CT molecular complexity index is 1600. The predicted octanol–water partition coefficient (Wildman–Crippen LogP) is 5.30. The first-order valence-electron chi connectivity index (χ1n) is 15.9. The van der Waals surface area contributed by atoms with E-state index in [1.807, 2.05) is 19.9 Å². The molecule has 0 aliphatic carbocycles. The molecule has 0 spiro atoms. The highest BCUT2D eigenvalue weighted by Gasteiger charge is 2.30. The van der Waals surface area contributed by atoms with Crippen LogP contribution in [0.1, 0.15) is 71.2 Å². The second-order valence-electron chi connectivity index (χ2n) is 12.8. The summed E-state index contributed by atoms with van der Waals surface area (Å²) in [5.74, 6) is -3.49. The number of methoxy groups -OCH3 is 1. The van der Waals surface area contributed by atoms with Crippen LogP contribution in [0.3, 0.4) is 0 Å². The average molecular weight is 651 g/mol. The summed E-state index contributed by atoms with van der Waals surface area (Å²) < 4.78 is 35.0. The van der Waals surface area contributed by atoms with E-state index in [9.17, 15) is 23.9 Å². The van der Waals surface area contributed by atoms with Crippen molar-refractivity contribution in [3.63, 3.8) is 0 Å². The number of benzene rings is 2. The zero-order valence-corrected chi connectivity index (χ0v) is 27.8. The lowest BCUT2D eigenvalue weighted by Crippen LogP contribution is -2.52. The number of nitrogens with one attached hydrogen (secondary N) is 2. The molecule has 252 valence electrons. The fraction of sp³-hybridized carbons (Fsp3) is 0.444. The number of carbonyl (C=O) groups is 3. The molecule has 0 saturated carbocycles. The highest BCUT2D eigenvalue weighted by Crippen LogP contribution is 2.34. The predicted molar refractivity (Wildman–Crippen MR) is 175 cm³/mol. The quantitative estimate of drug-likeness (QED) is 0.217. The number of aromatic nitrogens is 1. The summed E-state index contributed by atoms with van der Waals surface area (Å²) in [6, 6.07) is 8.77.